The van der Waals surface area contributed by atoms with Gasteiger partial charge in [0, 0.05) is 5.02 Å². The highest BCUT2D eigenvalue weighted by Crippen LogP contribution is 2.25. The lowest BCUT2D eigenvalue weighted by molar-refractivity contribution is 0.567. The van der Waals surface area contributed by atoms with Gasteiger partial charge >= 0.3 is 0 Å². The molecule has 0 aliphatic heterocycles. The van der Waals surface area contributed by atoms with E-state index in [1.807, 2.05) is 0 Å². The molecule has 1 aromatic rings. The predicted octanol–water partition coefficient (Wildman–Crippen LogP) is 2.15. The molecule has 0 amide bonds. The lowest BCUT2D eigenvalue weighted by atomic mass is 10.2. The Bertz CT molecular complexity index is 573. The van der Waals surface area contributed by atoms with Crippen LogP contribution in [0.5, 0.6) is 0 Å². The summed E-state index contributed by atoms with van der Waals surface area (Å²) in [6.07, 6.45) is 1.56. The highest BCUT2D eigenvalue weighted by Gasteiger charge is 2.20. The van der Waals surface area contributed by atoms with E-state index in [-0.39, 0.29) is 10.2 Å². The quantitative estimate of drug-likeness (QED) is 0.670. The fourth-order valence-electron chi connectivity index (χ4n) is 1.03. The number of sulfonamides is 1. The normalized spacial score (nSPS) is 12.8. The summed E-state index contributed by atoms with van der Waals surface area (Å²) in [6, 6.07) is 2.07. The second-order valence-electron chi connectivity index (χ2n) is 3.14. The molecule has 2 N–H and O–H groups in total. The lowest BCUT2D eigenvalue weighted by Gasteiger charge is -2.04. The minimum atomic E-state index is -4.16. The predicted molar refractivity (Wildman–Crippen MR) is 68.5 cm³/mol. The first-order valence-corrected chi connectivity index (χ1v) is 7.42. The summed E-state index contributed by atoms with van der Waals surface area (Å²) in [7, 11) is -4.16. The summed E-state index contributed by atoms with van der Waals surface area (Å²) in [5, 5.41) is -0.0102. The summed E-state index contributed by atoms with van der Waals surface area (Å²) in [6.45, 7) is 1.57. The zero-order chi connectivity index (χ0) is 13.2. The SMILES string of the molecule is CSC(N)=NS(=O)(=O)c1cc(Cl)c(C)cc1F. The van der Waals surface area contributed by atoms with E-state index in [4.69, 9.17) is 17.3 Å². The van der Waals surface area contributed by atoms with Crippen LogP contribution in [0.4, 0.5) is 4.39 Å². The van der Waals surface area contributed by atoms with Gasteiger partial charge in [-0.15, -0.1) is 4.40 Å². The number of thioether (sulfide) groups is 1. The molecule has 0 aliphatic carbocycles. The van der Waals surface area contributed by atoms with Crippen LogP contribution in [0.1, 0.15) is 5.56 Å². The van der Waals surface area contributed by atoms with Gasteiger partial charge in [-0.1, -0.05) is 23.4 Å². The van der Waals surface area contributed by atoms with Crippen LogP contribution in [0.2, 0.25) is 5.02 Å². The standard InChI is InChI=1S/C9H10ClFN2O2S2/c1-5-3-7(11)8(4-6(5)10)17(14,15)13-9(12)16-2/h3-4H,1-2H3,(H2,12,13). The Morgan fingerprint density at radius 1 is 1.53 bits per heavy atom. The van der Waals surface area contributed by atoms with Crippen LogP contribution in [0, 0.1) is 12.7 Å². The summed E-state index contributed by atoms with van der Waals surface area (Å²) in [4.78, 5) is -0.579. The molecule has 4 nitrogen and oxygen atoms in total. The highest BCUT2D eigenvalue weighted by molar-refractivity contribution is 8.13. The van der Waals surface area contributed by atoms with E-state index in [1.165, 1.54) is 0 Å². The highest BCUT2D eigenvalue weighted by atomic mass is 35.5. The first kappa shape index (κ1) is 14.3. The summed E-state index contributed by atoms with van der Waals surface area (Å²) in [5.41, 5.74) is 5.74. The number of aryl methyl sites for hydroxylation is 1. The van der Waals surface area contributed by atoms with Gasteiger partial charge in [-0.2, -0.15) is 8.42 Å². The second kappa shape index (κ2) is 5.24. The molecular weight excluding hydrogens is 287 g/mol. The van der Waals surface area contributed by atoms with E-state index in [1.54, 1.807) is 13.2 Å². The Morgan fingerprint density at radius 3 is 2.65 bits per heavy atom. The number of halogens is 2. The van der Waals surface area contributed by atoms with E-state index >= 15 is 0 Å². The molecule has 8 heteroatoms. The fourth-order valence-corrected chi connectivity index (χ4v) is 2.76. The Hall–Kier alpha value is -0.790. The molecule has 0 spiro atoms. The molecule has 0 aromatic heterocycles. The first-order valence-electron chi connectivity index (χ1n) is 4.38. The maximum absolute atomic E-state index is 13.5. The number of amidine groups is 1. The molecular formula is C9H10ClFN2O2S2. The van der Waals surface area contributed by atoms with Crippen molar-refractivity contribution in [2.75, 3.05) is 6.26 Å². The third-order valence-corrected chi connectivity index (χ3v) is 4.25. The van der Waals surface area contributed by atoms with Gasteiger partial charge in [-0.25, -0.2) is 4.39 Å². The van der Waals surface area contributed by atoms with E-state index < -0.39 is 20.7 Å². The van der Waals surface area contributed by atoms with Crippen LogP contribution in [0.25, 0.3) is 0 Å². The van der Waals surface area contributed by atoms with Gasteiger partial charge in [0.05, 0.1) is 0 Å². The number of nitrogens with zero attached hydrogens (tertiary/aromatic N) is 1. The van der Waals surface area contributed by atoms with Gasteiger partial charge in [-0.05, 0) is 30.9 Å². The molecule has 0 aliphatic rings. The van der Waals surface area contributed by atoms with Gasteiger partial charge in [0.15, 0.2) is 5.17 Å². The third kappa shape index (κ3) is 3.34. The molecule has 1 aromatic carbocycles. The van der Waals surface area contributed by atoms with Crippen molar-refractivity contribution in [3.63, 3.8) is 0 Å². The maximum Gasteiger partial charge on any atom is 0.287 e. The Balaban J connectivity index is 3.40. The number of hydrogen-bond donors (Lipinski definition) is 1. The molecule has 1 rings (SSSR count). The fraction of sp³-hybridized carbons (Fsp3) is 0.222. The molecule has 0 bridgehead atoms. The topological polar surface area (TPSA) is 72.5 Å². The summed E-state index contributed by atoms with van der Waals surface area (Å²) < 4.78 is 40.2. The molecule has 17 heavy (non-hydrogen) atoms. The monoisotopic (exact) mass is 296 g/mol. The Labute approximate surface area is 108 Å². The Kier molecular flexibility index (Phi) is 4.40. The first-order chi connectivity index (χ1) is 7.77. The van der Waals surface area contributed by atoms with E-state index in [0.717, 1.165) is 23.9 Å². The number of nitrogens with two attached hydrogens (primary N) is 1. The van der Waals surface area contributed by atoms with Gasteiger partial charge in [0.2, 0.25) is 0 Å². The summed E-state index contributed by atoms with van der Waals surface area (Å²) in [5.74, 6) is -0.899. The van der Waals surface area contributed by atoms with Crippen molar-refractivity contribution >= 4 is 38.6 Å². The van der Waals surface area contributed by atoms with Crippen molar-refractivity contribution in [3.8, 4) is 0 Å². The molecule has 0 saturated carbocycles. The minimum Gasteiger partial charge on any atom is -0.378 e. The molecule has 94 valence electrons. The number of benzene rings is 1. The largest absolute Gasteiger partial charge is 0.378 e. The van der Waals surface area contributed by atoms with Crippen LogP contribution in [-0.2, 0) is 10.0 Å². The number of rotatable bonds is 2. The van der Waals surface area contributed by atoms with Crippen LogP contribution in [-0.4, -0.2) is 19.8 Å². The van der Waals surface area contributed by atoms with Crippen molar-refractivity contribution in [2.45, 2.75) is 11.8 Å². The molecule has 0 fully saturated rings. The van der Waals surface area contributed by atoms with Crippen molar-refractivity contribution in [1.82, 2.24) is 0 Å². The van der Waals surface area contributed by atoms with Crippen LogP contribution in [0.3, 0.4) is 0 Å². The summed E-state index contributed by atoms with van der Waals surface area (Å²) >= 11 is 6.70. The van der Waals surface area contributed by atoms with Gasteiger partial charge in [-0.3, -0.25) is 0 Å². The van der Waals surface area contributed by atoms with E-state index in [0.29, 0.717) is 5.56 Å². The van der Waals surface area contributed by atoms with Crippen molar-refractivity contribution in [3.05, 3.63) is 28.5 Å². The van der Waals surface area contributed by atoms with Gasteiger partial charge in [0.1, 0.15) is 10.7 Å². The van der Waals surface area contributed by atoms with Gasteiger partial charge in [0.25, 0.3) is 10.0 Å². The smallest absolute Gasteiger partial charge is 0.287 e. The average Bonchev–Trinajstić information content (AvgIpc) is 2.22. The van der Waals surface area contributed by atoms with Crippen LogP contribution in [0.15, 0.2) is 21.4 Å². The zero-order valence-corrected chi connectivity index (χ0v) is 11.5. The molecule has 0 saturated heterocycles. The second-order valence-corrected chi connectivity index (χ2v) is 5.95. The third-order valence-electron chi connectivity index (χ3n) is 1.91. The molecule has 0 unspecified atom stereocenters. The van der Waals surface area contributed by atoms with E-state index in [9.17, 15) is 12.8 Å². The lowest BCUT2D eigenvalue weighted by Crippen LogP contribution is -2.11. The van der Waals surface area contributed by atoms with Crippen LogP contribution >= 0.6 is 23.4 Å². The average molecular weight is 297 g/mol. The minimum absolute atomic E-state index is 0.155. The van der Waals surface area contributed by atoms with Crippen molar-refractivity contribution < 1.29 is 12.8 Å². The van der Waals surface area contributed by atoms with E-state index in [2.05, 4.69) is 4.40 Å². The number of hydrogen-bond acceptors (Lipinski definition) is 3. The zero-order valence-electron chi connectivity index (χ0n) is 9.07. The maximum atomic E-state index is 13.5. The van der Waals surface area contributed by atoms with Crippen molar-refractivity contribution in [1.29, 1.82) is 0 Å². The Morgan fingerprint density at radius 2 is 2.12 bits per heavy atom. The molecule has 0 atom stereocenters. The van der Waals surface area contributed by atoms with Crippen LogP contribution < -0.4 is 5.73 Å². The molecule has 0 heterocycles. The van der Waals surface area contributed by atoms with Crippen molar-refractivity contribution in [2.24, 2.45) is 10.1 Å². The van der Waals surface area contributed by atoms with Gasteiger partial charge < -0.3 is 5.73 Å². The molecule has 0 radical (unpaired) electrons.